The Kier molecular flexibility index (Phi) is 4.41. The van der Waals surface area contributed by atoms with Gasteiger partial charge in [0.25, 0.3) is 0 Å². The van der Waals surface area contributed by atoms with Gasteiger partial charge in [-0.25, -0.2) is 14.1 Å². The molecule has 0 bridgehead atoms. The molecule has 0 atom stereocenters. The summed E-state index contributed by atoms with van der Waals surface area (Å²) >= 11 is 0. The SMILES string of the molecule is CC(C)(O)c1nn(-c2cc(OC(F)F)ccc2F)c2ncc(C=O)cc12. The molecule has 1 N–H and O–H groups in total. The third-order valence-electron chi connectivity index (χ3n) is 3.63. The maximum atomic E-state index is 14.3. The van der Waals surface area contributed by atoms with Crippen LogP contribution in [0.5, 0.6) is 5.75 Å². The van der Waals surface area contributed by atoms with Crippen LogP contribution >= 0.6 is 0 Å². The molecule has 6 nitrogen and oxygen atoms in total. The normalized spacial score (nSPS) is 12.0. The lowest BCUT2D eigenvalue weighted by Crippen LogP contribution is -2.17. The zero-order chi connectivity index (χ0) is 19.1. The smallest absolute Gasteiger partial charge is 0.387 e. The van der Waals surface area contributed by atoms with E-state index in [1.54, 1.807) is 0 Å². The Bertz CT molecular complexity index is 981. The van der Waals surface area contributed by atoms with Crippen molar-refractivity contribution in [2.24, 2.45) is 0 Å². The summed E-state index contributed by atoms with van der Waals surface area (Å²) in [6, 6.07) is 4.54. The van der Waals surface area contributed by atoms with Crippen molar-refractivity contribution in [1.29, 1.82) is 0 Å². The maximum Gasteiger partial charge on any atom is 0.387 e. The number of hydrogen-bond acceptors (Lipinski definition) is 5. The number of carbonyl (C=O) groups excluding carboxylic acids is 1. The lowest BCUT2D eigenvalue weighted by Gasteiger charge is -2.14. The molecule has 2 heterocycles. The van der Waals surface area contributed by atoms with Gasteiger partial charge in [-0.05, 0) is 32.0 Å². The van der Waals surface area contributed by atoms with Crippen LogP contribution in [-0.2, 0) is 5.60 Å². The average molecular weight is 365 g/mol. The van der Waals surface area contributed by atoms with E-state index in [1.165, 1.54) is 26.1 Å². The molecule has 3 rings (SSSR count). The Morgan fingerprint density at radius 2 is 2.04 bits per heavy atom. The van der Waals surface area contributed by atoms with E-state index in [0.29, 0.717) is 11.7 Å². The van der Waals surface area contributed by atoms with Crippen molar-refractivity contribution >= 4 is 17.3 Å². The number of fused-ring (bicyclic) bond motifs is 1. The summed E-state index contributed by atoms with van der Waals surface area (Å²) < 4.78 is 44.6. The van der Waals surface area contributed by atoms with Crippen molar-refractivity contribution in [2.45, 2.75) is 26.1 Å². The predicted molar refractivity (Wildman–Crippen MR) is 86.1 cm³/mol. The number of hydrogen-bond donors (Lipinski definition) is 1. The summed E-state index contributed by atoms with van der Waals surface area (Å²) in [6.45, 7) is -0.124. The number of pyridine rings is 1. The Labute approximate surface area is 145 Å². The second-order valence-corrected chi connectivity index (χ2v) is 6.07. The molecular formula is C17H14F3N3O3. The van der Waals surface area contributed by atoms with Crippen LogP contribution in [-0.4, -0.2) is 32.8 Å². The topological polar surface area (TPSA) is 77.2 Å². The minimum absolute atomic E-state index is 0.154. The Morgan fingerprint density at radius 3 is 2.65 bits per heavy atom. The minimum Gasteiger partial charge on any atom is -0.435 e. The largest absolute Gasteiger partial charge is 0.435 e. The zero-order valence-corrected chi connectivity index (χ0v) is 13.8. The zero-order valence-electron chi connectivity index (χ0n) is 13.8. The first-order valence-electron chi connectivity index (χ1n) is 7.52. The number of aromatic nitrogens is 3. The highest BCUT2D eigenvalue weighted by Gasteiger charge is 2.26. The van der Waals surface area contributed by atoms with Gasteiger partial charge < -0.3 is 9.84 Å². The van der Waals surface area contributed by atoms with E-state index in [2.05, 4.69) is 14.8 Å². The number of alkyl halides is 2. The van der Waals surface area contributed by atoms with Crippen LogP contribution in [0.4, 0.5) is 13.2 Å². The standard InChI is InChI=1S/C17H14F3N3O3/c1-17(2,25)14-11-5-9(8-24)7-21-15(11)23(22-14)13-6-10(26-16(19)20)3-4-12(13)18/h3-8,16,25H,1-2H3. The maximum absolute atomic E-state index is 14.3. The Balaban J connectivity index is 2.27. The molecule has 0 saturated carbocycles. The summed E-state index contributed by atoms with van der Waals surface area (Å²) in [5.41, 5.74) is -1.04. The van der Waals surface area contributed by atoms with E-state index in [0.717, 1.165) is 22.9 Å². The molecule has 0 aliphatic heterocycles. The Morgan fingerprint density at radius 1 is 1.31 bits per heavy atom. The van der Waals surface area contributed by atoms with Crippen molar-refractivity contribution in [3.05, 3.63) is 47.5 Å². The van der Waals surface area contributed by atoms with Gasteiger partial charge in [0, 0.05) is 23.2 Å². The number of nitrogens with zero attached hydrogens (tertiary/aromatic N) is 3. The summed E-state index contributed by atoms with van der Waals surface area (Å²) in [5, 5.41) is 14.9. The van der Waals surface area contributed by atoms with Crippen LogP contribution in [0.1, 0.15) is 29.9 Å². The summed E-state index contributed by atoms with van der Waals surface area (Å²) in [4.78, 5) is 15.1. The van der Waals surface area contributed by atoms with Gasteiger partial charge in [-0.2, -0.15) is 13.9 Å². The molecule has 0 amide bonds. The number of aliphatic hydroxyl groups is 1. The molecule has 136 valence electrons. The van der Waals surface area contributed by atoms with Crippen molar-refractivity contribution in [2.75, 3.05) is 0 Å². The fraction of sp³-hybridized carbons (Fsp3) is 0.235. The van der Waals surface area contributed by atoms with Crippen molar-refractivity contribution in [1.82, 2.24) is 14.8 Å². The highest BCUT2D eigenvalue weighted by Crippen LogP contribution is 2.31. The van der Waals surface area contributed by atoms with Gasteiger partial charge in [0.05, 0.1) is 0 Å². The molecular weight excluding hydrogens is 351 g/mol. The molecule has 2 aromatic heterocycles. The van der Waals surface area contributed by atoms with Crippen molar-refractivity contribution < 1.29 is 27.8 Å². The number of halogens is 3. The molecule has 0 spiro atoms. The average Bonchev–Trinajstić information content (AvgIpc) is 2.95. The lowest BCUT2D eigenvalue weighted by molar-refractivity contribution is -0.0498. The van der Waals surface area contributed by atoms with Gasteiger partial charge in [0.1, 0.15) is 28.5 Å². The van der Waals surface area contributed by atoms with Crippen molar-refractivity contribution in [3.63, 3.8) is 0 Å². The van der Waals surface area contributed by atoms with Crippen molar-refractivity contribution in [3.8, 4) is 11.4 Å². The number of benzene rings is 1. The molecule has 0 radical (unpaired) electrons. The van der Waals surface area contributed by atoms with Gasteiger partial charge in [-0.3, -0.25) is 4.79 Å². The molecule has 0 fully saturated rings. The molecule has 0 unspecified atom stereocenters. The summed E-state index contributed by atoms with van der Waals surface area (Å²) in [6.07, 6.45) is 1.84. The number of rotatable bonds is 5. The number of carbonyl (C=O) groups is 1. The highest BCUT2D eigenvalue weighted by molar-refractivity contribution is 5.87. The van der Waals surface area contributed by atoms with Crippen LogP contribution in [0, 0.1) is 5.82 Å². The second kappa shape index (κ2) is 6.41. The molecule has 3 aromatic rings. The van der Waals surface area contributed by atoms with Crippen LogP contribution in [0.2, 0.25) is 0 Å². The van der Waals surface area contributed by atoms with E-state index in [9.17, 15) is 23.1 Å². The van der Waals surface area contributed by atoms with Gasteiger partial charge in [0.2, 0.25) is 0 Å². The first-order chi connectivity index (χ1) is 12.2. The lowest BCUT2D eigenvalue weighted by atomic mass is 10.0. The fourth-order valence-corrected chi connectivity index (χ4v) is 2.53. The number of ether oxygens (including phenoxy) is 1. The molecule has 26 heavy (non-hydrogen) atoms. The van der Waals surface area contributed by atoms with Gasteiger partial charge in [-0.15, -0.1) is 0 Å². The third kappa shape index (κ3) is 3.25. The van der Waals surface area contributed by atoms with Crippen LogP contribution in [0.25, 0.3) is 16.7 Å². The van der Waals surface area contributed by atoms with E-state index < -0.39 is 18.0 Å². The van der Waals surface area contributed by atoms with Gasteiger partial charge >= 0.3 is 6.61 Å². The Hall–Kier alpha value is -2.94. The molecule has 1 aromatic carbocycles. The first kappa shape index (κ1) is 17.9. The monoisotopic (exact) mass is 365 g/mol. The number of aldehydes is 1. The van der Waals surface area contributed by atoms with E-state index in [1.807, 2.05) is 0 Å². The third-order valence-corrected chi connectivity index (χ3v) is 3.63. The van der Waals surface area contributed by atoms with Crippen LogP contribution in [0.15, 0.2) is 30.5 Å². The fourth-order valence-electron chi connectivity index (χ4n) is 2.53. The first-order valence-corrected chi connectivity index (χ1v) is 7.52. The summed E-state index contributed by atoms with van der Waals surface area (Å²) in [5.74, 6) is -1.01. The van der Waals surface area contributed by atoms with E-state index >= 15 is 0 Å². The van der Waals surface area contributed by atoms with Gasteiger partial charge in [-0.1, -0.05) is 0 Å². The van der Waals surface area contributed by atoms with Crippen LogP contribution in [0.3, 0.4) is 0 Å². The van der Waals surface area contributed by atoms with Crippen LogP contribution < -0.4 is 4.74 Å². The summed E-state index contributed by atoms with van der Waals surface area (Å²) in [7, 11) is 0. The van der Waals surface area contributed by atoms with Gasteiger partial charge in [0.15, 0.2) is 11.9 Å². The van der Waals surface area contributed by atoms with E-state index in [-0.39, 0.29) is 28.3 Å². The predicted octanol–water partition coefficient (Wildman–Crippen LogP) is 3.20. The second-order valence-electron chi connectivity index (χ2n) is 6.07. The molecule has 9 heteroatoms. The molecule has 0 aliphatic rings. The molecule has 0 aliphatic carbocycles. The highest BCUT2D eigenvalue weighted by atomic mass is 19.3. The quantitative estimate of drug-likeness (QED) is 0.703. The van der Waals surface area contributed by atoms with E-state index in [4.69, 9.17) is 0 Å². The molecule has 0 saturated heterocycles. The minimum atomic E-state index is -3.07.